The number of hydrogen-bond acceptors (Lipinski definition) is 5. The summed E-state index contributed by atoms with van der Waals surface area (Å²) in [5, 5.41) is 9.88. The Balaban J connectivity index is 2.15. The number of hydrogen-bond donors (Lipinski definition) is 0. The number of alkyl halides is 9. The van der Waals surface area contributed by atoms with Gasteiger partial charge in [0.15, 0.2) is 6.19 Å². The van der Waals surface area contributed by atoms with E-state index in [0.717, 1.165) is 15.9 Å². The molecule has 0 spiro atoms. The molecule has 1 aliphatic heterocycles. The molecule has 3 rings (SSSR count). The molecule has 40 heavy (non-hydrogen) atoms. The zero-order valence-electron chi connectivity index (χ0n) is 21.2. The Morgan fingerprint density at radius 2 is 1.62 bits per heavy atom. The summed E-state index contributed by atoms with van der Waals surface area (Å²) < 4.78 is 126. The summed E-state index contributed by atoms with van der Waals surface area (Å²) in [6, 6.07) is 0.341. The Morgan fingerprint density at radius 1 is 1.05 bits per heavy atom. The molecule has 0 N–H and O–H groups in total. The van der Waals surface area contributed by atoms with Gasteiger partial charge in [0.1, 0.15) is 5.69 Å². The Morgan fingerprint density at radius 3 is 2.08 bits per heavy atom. The van der Waals surface area contributed by atoms with Gasteiger partial charge in [0.2, 0.25) is 0 Å². The van der Waals surface area contributed by atoms with Gasteiger partial charge in [0.25, 0.3) is 0 Å². The topological polar surface area (TPSA) is 69.5 Å². The van der Waals surface area contributed by atoms with E-state index in [1.807, 2.05) is 0 Å². The number of pyridine rings is 1. The molecule has 0 bridgehead atoms. The minimum Gasteiger partial charge on any atom is -0.446 e. The second-order valence-electron chi connectivity index (χ2n) is 9.36. The van der Waals surface area contributed by atoms with E-state index in [1.165, 1.54) is 0 Å². The van der Waals surface area contributed by atoms with Crippen molar-refractivity contribution in [1.82, 2.24) is 9.88 Å². The van der Waals surface area contributed by atoms with Gasteiger partial charge in [-0.1, -0.05) is 6.92 Å². The molecule has 0 aliphatic carbocycles. The van der Waals surface area contributed by atoms with Crippen molar-refractivity contribution in [2.24, 2.45) is 0 Å². The summed E-state index contributed by atoms with van der Waals surface area (Å²) >= 11 is 0. The molecular weight excluding hydrogens is 559 g/mol. The summed E-state index contributed by atoms with van der Waals surface area (Å²) in [5.74, 6) is 0. The monoisotopic (exact) mass is 582 g/mol. The van der Waals surface area contributed by atoms with Crippen LogP contribution in [0.2, 0.25) is 0 Å². The van der Waals surface area contributed by atoms with Crippen LogP contribution in [0.5, 0.6) is 0 Å². The van der Waals surface area contributed by atoms with Crippen LogP contribution < -0.4 is 4.90 Å². The van der Waals surface area contributed by atoms with E-state index in [9.17, 15) is 49.6 Å². The number of nitrogens with zero attached hydrogens (tertiary/aromatic N) is 4. The lowest BCUT2D eigenvalue weighted by Gasteiger charge is -2.42. The first-order chi connectivity index (χ1) is 18.4. The van der Waals surface area contributed by atoms with E-state index in [2.05, 4.69) is 4.98 Å². The Kier molecular flexibility index (Phi) is 8.52. The Labute approximate surface area is 222 Å². The molecule has 1 aliphatic rings. The molecule has 0 radical (unpaired) electrons. The second kappa shape index (κ2) is 11.1. The van der Waals surface area contributed by atoms with Gasteiger partial charge in [-0.2, -0.15) is 44.8 Å². The fourth-order valence-corrected chi connectivity index (χ4v) is 4.40. The van der Waals surface area contributed by atoms with Crippen molar-refractivity contribution in [2.75, 3.05) is 4.90 Å². The van der Waals surface area contributed by atoms with E-state index < -0.39 is 77.4 Å². The lowest BCUT2D eigenvalue weighted by atomic mass is 9.92. The van der Waals surface area contributed by atoms with E-state index in [4.69, 9.17) is 4.74 Å². The third-order valence-corrected chi connectivity index (χ3v) is 6.14. The number of carbonyl (C=O) groups excluding carboxylic acids is 1. The van der Waals surface area contributed by atoms with Gasteiger partial charge in [-0.15, -0.1) is 0 Å². The van der Waals surface area contributed by atoms with Crippen molar-refractivity contribution < 1.29 is 49.0 Å². The highest BCUT2D eigenvalue weighted by molar-refractivity contribution is 5.90. The van der Waals surface area contributed by atoms with Crippen LogP contribution >= 0.6 is 0 Å². The Hall–Kier alpha value is -3.70. The van der Waals surface area contributed by atoms with Crippen LogP contribution in [0.3, 0.4) is 0 Å². The molecule has 1 amide bonds. The fraction of sp³-hybridized carbons (Fsp3) is 0.480. The number of carbonyl (C=O) groups is 1. The van der Waals surface area contributed by atoms with Crippen molar-refractivity contribution in [2.45, 2.75) is 76.9 Å². The number of rotatable bonds is 5. The fourth-order valence-electron chi connectivity index (χ4n) is 4.40. The van der Waals surface area contributed by atoms with Crippen molar-refractivity contribution in [3.8, 4) is 6.19 Å². The lowest BCUT2D eigenvalue weighted by Crippen LogP contribution is -2.48. The number of amides is 1. The smallest absolute Gasteiger partial charge is 0.433 e. The maximum absolute atomic E-state index is 13.5. The first-order valence-corrected chi connectivity index (χ1v) is 11.9. The number of benzene rings is 1. The SMILES string of the molecule is CCC1CC(N(C#N)Cc2cc(C(F)(F)F)cc(C(F)(F)F)c2)c2nc(C(F)(F)F)ccc2N1C(=O)OC(C)C. The van der Waals surface area contributed by atoms with Crippen LogP contribution in [0, 0.1) is 11.5 Å². The molecule has 2 atom stereocenters. The summed E-state index contributed by atoms with van der Waals surface area (Å²) in [6.45, 7) is 3.95. The highest BCUT2D eigenvalue weighted by Gasteiger charge is 2.43. The van der Waals surface area contributed by atoms with Gasteiger partial charge in [0.05, 0.1) is 41.2 Å². The largest absolute Gasteiger partial charge is 0.446 e. The first-order valence-electron chi connectivity index (χ1n) is 11.9. The third-order valence-electron chi connectivity index (χ3n) is 6.14. The van der Waals surface area contributed by atoms with E-state index in [1.54, 1.807) is 27.0 Å². The van der Waals surface area contributed by atoms with Gasteiger partial charge < -0.3 is 4.74 Å². The second-order valence-corrected chi connectivity index (χ2v) is 9.36. The summed E-state index contributed by atoms with van der Waals surface area (Å²) in [5.41, 5.74) is -5.64. The summed E-state index contributed by atoms with van der Waals surface area (Å²) in [4.78, 5) is 18.4. The minimum absolute atomic E-state index is 0.0708. The van der Waals surface area contributed by atoms with Crippen LogP contribution in [0.1, 0.15) is 67.7 Å². The van der Waals surface area contributed by atoms with Crippen LogP contribution in [0.25, 0.3) is 0 Å². The predicted molar refractivity (Wildman–Crippen MR) is 122 cm³/mol. The van der Waals surface area contributed by atoms with E-state index in [0.29, 0.717) is 18.2 Å². The number of anilines is 1. The lowest BCUT2D eigenvalue weighted by molar-refractivity contribution is -0.143. The molecule has 2 aromatic rings. The predicted octanol–water partition coefficient (Wildman–Crippen LogP) is 7.70. The van der Waals surface area contributed by atoms with E-state index >= 15 is 0 Å². The molecule has 1 aromatic carbocycles. The molecule has 6 nitrogen and oxygen atoms in total. The molecule has 2 heterocycles. The van der Waals surface area contributed by atoms with Gasteiger partial charge in [-0.3, -0.25) is 9.80 Å². The standard InChI is InChI=1S/C25H23F9N4O2/c1-4-17-10-19(21-18(38(17)22(39)40-13(2)3)5-6-20(36-21)25(32,33)34)37(12-35)11-14-7-15(23(26,27)28)9-16(8-14)24(29,30)31/h5-9,13,17,19H,4,10-11H2,1-3H3. The quantitative estimate of drug-likeness (QED) is 0.205. The van der Waals surface area contributed by atoms with Crippen LogP contribution in [0.15, 0.2) is 30.3 Å². The van der Waals surface area contributed by atoms with Gasteiger partial charge in [-0.05, 0) is 62.6 Å². The normalized spacial score (nSPS) is 17.9. The number of ether oxygens (including phenoxy) is 1. The first kappa shape index (κ1) is 30.8. The third kappa shape index (κ3) is 6.71. The molecule has 1 aromatic heterocycles. The Bertz CT molecular complexity index is 1250. The number of fused-ring (bicyclic) bond motifs is 1. The number of nitriles is 1. The maximum Gasteiger partial charge on any atom is 0.433 e. The maximum atomic E-state index is 13.5. The van der Waals surface area contributed by atoms with Crippen molar-refractivity contribution >= 4 is 11.8 Å². The number of halogens is 9. The molecule has 0 saturated carbocycles. The average molecular weight is 582 g/mol. The van der Waals surface area contributed by atoms with Crippen LogP contribution in [-0.2, 0) is 29.8 Å². The molecule has 0 saturated heterocycles. The molecule has 2 unspecified atom stereocenters. The number of aromatic nitrogens is 1. The van der Waals surface area contributed by atoms with Crippen LogP contribution in [-0.4, -0.2) is 28.1 Å². The molecule has 218 valence electrons. The van der Waals surface area contributed by atoms with Crippen molar-refractivity contribution in [3.05, 3.63) is 58.4 Å². The van der Waals surface area contributed by atoms with E-state index in [-0.39, 0.29) is 24.6 Å². The van der Waals surface area contributed by atoms with Crippen LogP contribution in [0.4, 0.5) is 50.0 Å². The zero-order chi connectivity index (χ0) is 30.2. The highest BCUT2D eigenvalue weighted by Crippen LogP contribution is 2.43. The zero-order valence-corrected chi connectivity index (χ0v) is 21.2. The summed E-state index contributed by atoms with van der Waals surface area (Å²) in [7, 11) is 0. The van der Waals surface area contributed by atoms with Gasteiger partial charge in [0, 0.05) is 6.04 Å². The van der Waals surface area contributed by atoms with Gasteiger partial charge in [-0.25, -0.2) is 9.78 Å². The highest BCUT2D eigenvalue weighted by atomic mass is 19.4. The average Bonchev–Trinajstić information content (AvgIpc) is 2.83. The van der Waals surface area contributed by atoms with Gasteiger partial charge >= 0.3 is 24.6 Å². The van der Waals surface area contributed by atoms with Crippen molar-refractivity contribution in [1.29, 1.82) is 5.26 Å². The minimum atomic E-state index is -5.14. The molecule has 0 fully saturated rings. The molecular formula is C25H23F9N4O2. The molecule has 15 heteroatoms. The van der Waals surface area contributed by atoms with Crippen molar-refractivity contribution in [3.63, 3.8) is 0 Å². The summed E-state index contributed by atoms with van der Waals surface area (Å²) in [6.07, 6.45) is -15.0.